The first-order valence-corrected chi connectivity index (χ1v) is 8.61. The maximum Gasteiger partial charge on any atom is 0.221 e. The lowest BCUT2D eigenvalue weighted by atomic mass is 9.96. The Morgan fingerprint density at radius 1 is 1.36 bits per heavy atom. The van der Waals surface area contributed by atoms with Crippen molar-refractivity contribution >= 4 is 48.0 Å². The zero-order valence-electron chi connectivity index (χ0n) is 14.5. The van der Waals surface area contributed by atoms with Crippen LogP contribution in [0.2, 0.25) is 5.02 Å². The normalized spacial score (nSPS) is 16.2. The number of halogens is 3. The number of rotatable bonds is 8. The number of hydrogen-bond donors (Lipinski definition) is 3. The summed E-state index contributed by atoms with van der Waals surface area (Å²) < 4.78 is 5.26. The van der Waals surface area contributed by atoms with Crippen molar-refractivity contribution in [1.82, 2.24) is 10.6 Å². The molecule has 1 aromatic carbocycles. The minimum Gasteiger partial charge on any atom is -0.495 e. The summed E-state index contributed by atoms with van der Waals surface area (Å²) >= 11 is 5.98. The molecule has 1 aromatic rings. The average Bonchev–Trinajstić information content (AvgIpc) is 2.56. The Bertz CT molecular complexity index is 512. The van der Waals surface area contributed by atoms with Gasteiger partial charge < -0.3 is 20.7 Å². The van der Waals surface area contributed by atoms with Crippen molar-refractivity contribution in [3.8, 4) is 5.75 Å². The molecule has 5 nitrogen and oxygen atoms in total. The second kappa shape index (κ2) is 13.3. The first-order valence-electron chi connectivity index (χ1n) is 8.24. The smallest absolute Gasteiger partial charge is 0.221 e. The van der Waals surface area contributed by atoms with E-state index in [1.165, 1.54) is 12.8 Å². The van der Waals surface area contributed by atoms with E-state index in [0.29, 0.717) is 23.9 Å². The fraction of sp³-hybridized carbons (Fsp3) is 0.588. The lowest BCUT2D eigenvalue weighted by Crippen LogP contribution is -2.33. The van der Waals surface area contributed by atoms with Gasteiger partial charge in [0.2, 0.25) is 5.91 Å². The van der Waals surface area contributed by atoms with Gasteiger partial charge in [-0.1, -0.05) is 11.6 Å². The molecular weight excluding hydrogens is 385 g/mol. The lowest BCUT2D eigenvalue weighted by molar-refractivity contribution is -0.120. The van der Waals surface area contributed by atoms with Gasteiger partial charge in [-0.3, -0.25) is 4.79 Å². The molecule has 0 aliphatic carbocycles. The molecule has 1 aliphatic heterocycles. The molecule has 144 valence electrons. The zero-order valence-corrected chi connectivity index (χ0v) is 16.9. The van der Waals surface area contributed by atoms with Crippen LogP contribution >= 0.6 is 36.4 Å². The Hall–Kier alpha value is -0.880. The largest absolute Gasteiger partial charge is 0.495 e. The fourth-order valence-electron chi connectivity index (χ4n) is 2.80. The van der Waals surface area contributed by atoms with Crippen LogP contribution < -0.4 is 20.7 Å². The molecule has 1 atom stereocenters. The highest BCUT2D eigenvalue weighted by atomic mass is 35.5. The van der Waals surface area contributed by atoms with Gasteiger partial charge in [-0.15, -0.1) is 24.8 Å². The number of nitrogens with one attached hydrogen (secondary N) is 3. The summed E-state index contributed by atoms with van der Waals surface area (Å²) in [7, 11) is 1.61. The Kier molecular flexibility index (Phi) is 12.9. The van der Waals surface area contributed by atoms with E-state index in [9.17, 15) is 4.79 Å². The predicted molar refractivity (Wildman–Crippen MR) is 109 cm³/mol. The summed E-state index contributed by atoms with van der Waals surface area (Å²) in [5.74, 6) is 1.49. The molecule has 0 radical (unpaired) electrons. The van der Waals surface area contributed by atoms with Crippen LogP contribution in [0.1, 0.15) is 25.7 Å². The van der Waals surface area contributed by atoms with Crippen molar-refractivity contribution < 1.29 is 9.53 Å². The topological polar surface area (TPSA) is 62.4 Å². The van der Waals surface area contributed by atoms with Crippen molar-refractivity contribution in [2.24, 2.45) is 5.92 Å². The summed E-state index contributed by atoms with van der Waals surface area (Å²) in [6, 6.07) is 5.38. The van der Waals surface area contributed by atoms with Crippen LogP contribution in [0, 0.1) is 5.92 Å². The van der Waals surface area contributed by atoms with Crippen LogP contribution in [0.3, 0.4) is 0 Å². The van der Waals surface area contributed by atoms with E-state index in [4.69, 9.17) is 16.3 Å². The number of carbonyl (C=O) groups excluding carboxylic acids is 1. The molecule has 1 amide bonds. The molecule has 1 heterocycles. The minimum absolute atomic E-state index is 0. The van der Waals surface area contributed by atoms with Crippen molar-refractivity contribution in [3.05, 3.63) is 23.2 Å². The van der Waals surface area contributed by atoms with Crippen molar-refractivity contribution in [1.29, 1.82) is 0 Å². The van der Waals surface area contributed by atoms with Gasteiger partial charge >= 0.3 is 0 Å². The maximum absolute atomic E-state index is 11.9. The number of carbonyl (C=O) groups is 1. The molecule has 8 heteroatoms. The second-order valence-corrected chi connectivity index (χ2v) is 6.31. The Morgan fingerprint density at radius 3 is 2.84 bits per heavy atom. The molecule has 2 rings (SSSR count). The van der Waals surface area contributed by atoms with E-state index in [-0.39, 0.29) is 30.7 Å². The van der Waals surface area contributed by atoms with Crippen LogP contribution in [0.25, 0.3) is 0 Å². The van der Waals surface area contributed by atoms with E-state index >= 15 is 0 Å². The van der Waals surface area contributed by atoms with Gasteiger partial charge in [0, 0.05) is 24.5 Å². The van der Waals surface area contributed by atoms with E-state index < -0.39 is 0 Å². The molecule has 3 N–H and O–H groups in total. The monoisotopic (exact) mass is 411 g/mol. The number of hydrogen-bond acceptors (Lipinski definition) is 4. The lowest BCUT2D eigenvalue weighted by Gasteiger charge is -2.22. The zero-order chi connectivity index (χ0) is 16.5. The van der Waals surface area contributed by atoms with Gasteiger partial charge in [0.05, 0.1) is 12.8 Å². The van der Waals surface area contributed by atoms with Crippen molar-refractivity contribution in [2.45, 2.75) is 25.7 Å². The first-order chi connectivity index (χ1) is 11.2. The molecule has 0 saturated carbocycles. The average molecular weight is 413 g/mol. The SMILES string of the molecule is COc1ccc(Cl)cc1NCCC(=O)NCCC1CCCNC1.Cl.Cl. The van der Waals surface area contributed by atoms with Crippen LogP contribution in [0.4, 0.5) is 5.69 Å². The molecular formula is C17H28Cl3N3O2. The molecule has 1 saturated heterocycles. The van der Waals surface area contributed by atoms with Gasteiger partial charge in [0.15, 0.2) is 0 Å². The second-order valence-electron chi connectivity index (χ2n) is 5.87. The van der Waals surface area contributed by atoms with Crippen LogP contribution in [-0.2, 0) is 4.79 Å². The third-order valence-corrected chi connectivity index (χ3v) is 4.34. The Labute approximate surface area is 167 Å². The molecule has 25 heavy (non-hydrogen) atoms. The highest BCUT2D eigenvalue weighted by Crippen LogP contribution is 2.27. The molecule has 1 fully saturated rings. The van der Waals surface area contributed by atoms with E-state index in [1.807, 2.05) is 6.07 Å². The summed E-state index contributed by atoms with van der Waals surface area (Å²) in [4.78, 5) is 11.9. The summed E-state index contributed by atoms with van der Waals surface area (Å²) in [5.41, 5.74) is 0.807. The standard InChI is InChI=1S/C17H26ClN3O2.2ClH/c1-23-16-5-4-14(18)11-15(16)20-10-7-17(22)21-9-6-13-3-2-8-19-12-13;;/h4-5,11,13,19-20H,2-3,6-10,12H2,1H3,(H,21,22);2*1H. The number of methoxy groups -OCH3 is 1. The molecule has 0 aromatic heterocycles. The minimum atomic E-state index is 0. The molecule has 1 unspecified atom stereocenters. The Balaban J connectivity index is 0.00000288. The number of piperidine rings is 1. The number of benzene rings is 1. The van der Waals surface area contributed by atoms with E-state index in [1.54, 1.807) is 19.2 Å². The molecule has 0 spiro atoms. The Morgan fingerprint density at radius 2 is 2.16 bits per heavy atom. The highest BCUT2D eigenvalue weighted by Gasteiger charge is 2.12. The summed E-state index contributed by atoms with van der Waals surface area (Å²) in [6.07, 6.45) is 3.98. The van der Waals surface area contributed by atoms with Crippen LogP contribution in [0.15, 0.2) is 18.2 Å². The molecule has 0 bridgehead atoms. The summed E-state index contributed by atoms with van der Waals surface area (Å²) in [6.45, 7) is 3.51. The van der Waals surface area contributed by atoms with Crippen molar-refractivity contribution in [3.63, 3.8) is 0 Å². The fourth-order valence-corrected chi connectivity index (χ4v) is 2.98. The van der Waals surface area contributed by atoms with Gasteiger partial charge in [-0.25, -0.2) is 0 Å². The van der Waals surface area contributed by atoms with E-state index in [2.05, 4.69) is 16.0 Å². The maximum atomic E-state index is 11.9. The number of ether oxygens (including phenoxy) is 1. The number of amides is 1. The van der Waals surface area contributed by atoms with Crippen molar-refractivity contribution in [2.75, 3.05) is 38.6 Å². The first kappa shape index (κ1) is 24.1. The predicted octanol–water partition coefficient (Wildman–Crippen LogP) is 3.50. The highest BCUT2D eigenvalue weighted by molar-refractivity contribution is 6.30. The third-order valence-electron chi connectivity index (χ3n) is 4.10. The van der Waals surface area contributed by atoms with Gasteiger partial charge in [-0.05, 0) is 56.5 Å². The quantitative estimate of drug-likeness (QED) is 0.611. The van der Waals surface area contributed by atoms with Gasteiger partial charge in [0.25, 0.3) is 0 Å². The summed E-state index contributed by atoms with van der Waals surface area (Å²) in [5, 5.41) is 10.2. The molecule has 1 aliphatic rings. The third kappa shape index (κ3) is 8.86. The van der Waals surface area contributed by atoms with E-state index in [0.717, 1.165) is 37.5 Å². The van der Waals surface area contributed by atoms with Gasteiger partial charge in [0.1, 0.15) is 5.75 Å². The van der Waals surface area contributed by atoms with Gasteiger partial charge in [-0.2, -0.15) is 0 Å². The van der Waals surface area contributed by atoms with Crippen LogP contribution in [0.5, 0.6) is 5.75 Å². The number of anilines is 1. The van der Waals surface area contributed by atoms with Crippen LogP contribution in [-0.4, -0.2) is 39.2 Å².